The zero-order chi connectivity index (χ0) is 17.2. The van der Waals surface area contributed by atoms with E-state index in [-0.39, 0.29) is 11.5 Å². The molecule has 0 atom stereocenters. The molecule has 0 fully saturated rings. The summed E-state index contributed by atoms with van der Waals surface area (Å²) < 4.78 is 18.8. The number of hydrogen-bond acceptors (Lipinski definition) is 8. The maximum absolute atomic E-state index is 11.6. The molecular formula is C15H14O8. The van der Waals surface area contributed by atoms with Crippen LogP contribution in [0.3, 0.4) is 0 Å². The Labute approximate surface area is 131 Å². The monoisotopic (exact) mass is 322 g/mol. The van der Waals surface area contributed by atoms with E-state index >= 15 is 0 Å². The van der Waals surface area contributed by atoms with Crippen LogP contribution in [0.4, 0.5) is 0 Å². The molecular weight excluding hydrogens is 308 g/mol. The summed E-state index contributed by atoms with van der Waals surface area (Å²) in [4.78, 5) is 44.3. The Balaban J connectivity index is 2.57. The molecule has 0 heterocycles. The lowest BCUT2D eigenvalue weighted by molar-refractivity contribution is -0.150. The SMILES string of the molecule is COC(=O)/C=C/C(=O)OCC(=O)Oc1ccc(C=O)cc1OC. The Morgan fingerprint density at radius 3 is 2.35 bits per heavy atom. The van der Waals surface area contributed by atoms with Gasteiger partial charge in [0, 0.05) is 17.7 Å². The molecule has 0 saturated carbocycles. The summed E-state index contributed by atoms with van der Waals surface area (Å²) in [5.41, 5.74) is 0.348. The van der Waals surface area contributed by atoms with E-state index in [2.05, 4.69) is 9.47 Å². The maximum atomic E-state index is 11.6. The number of methoxy groups -OCH3 is 2. The number of carbonyl (C=O) groups excluding carboxylic acids is 4. The summed E-state index contributed by atoms with van der Waals surface area (Å²) in [6.45, 7) is -0.664. The number of aldehydes is 1. The number of rotatable bonds is 7. The van der Waals surface area contributed by atoms with Crippen LogP contribution in [0.25, 0.3) is 0 Å². The number of esters is 3. The third-order valence-electron chi connectivity index (χ3n) is 2.44. The molecule has 0 spiro atoms. The van der Waals surface area contributed by atoms with Crippen LogP contribution in [-0.2, 0) is 23.9 Å². The van der Waals surface area contributed by atoms with Crippen LogP contribution in [0.5, 0.6) is 11.5 Å². The van der Waals surface area contributed by atoms with Crippen molar-refractivity contribution in [2.75, 3.05) is 20.8 Å². The Kier molecular flexibility index (Phi) is 6.99. The van der Waals surface area contributed by atoms with E-state index < -0.39 is 24.5 Å². The van der Waals surface area contributed by atoms with Gasteiger partial charge in [-0.25, -0.2) is 14.4 Å². The molecule has 0 aliphatic heterocycles. The average Bonchev–Trinajstić information content (AvgIpc) is 2.57. The van der Waals surface area contributed by atoms with Gasteiger partial charge >= 0.3 is 17.9 Å². The molecule has 0 aliphatic rings. The van der Waals surface area contributed by atoms with E-state index in [0.29, 0.717) is 11.8 Å². The van der Waals surface area contributed by atoms with E-state index in [0.717, 1.165) is 19.3 Å². The fourth-order valence-electron chi connectivity index (χ4n) is 1.38. The summed E-state index contributed by atoms with van der Waals surface area (Å²) >= 11 is 0. The number of carbonyl (C=O) groups is 4. The van der Waals surface area contributed by atoms with Crippen molar-refractivity contribution < 1.29 is 38.1 Å². The Bertz CT molecular complexity index is 632. The molecule has 0 N–H and O–H groups in total. The highest BCUT2D eigenvalue weighted by Gasteiger charge is 2.12. The Hall–Kier alpha value is -3.16. The molecule has 1 aromatic rings. The first-order valence-corrected chi connectivity index (χ1v) is 6.26. The van der Waals surface area contributed by atoms with Crippen LogP contribution >= 0.6 is 0 Å². The van der Waals surface area contributed by atoms with Crippen molar-refractivity contribution in [3.63, 3.8) is 0 Å². The molecule has 1 rings (SSSR count). The molecule has 23 heavy (non-hydrogen) atoms. The summed E-state index contributed by atoms with van der Waals surface area (Å²) in [5.74, 6) is -2.24. The smallest absolute Gasteiger partial charge is 0.349 e. The summed E-state index contributed by atoms with van der Waals surface area (Å²) in [6.07, 6.45) is 2.29. The second kappa shape index (κ2) is 8.98. The van der Waals surface area contributed by atoms with Gasteiger partial charge in [-0.15, -0.1) is 0 Å². The molecule has 0 radical (unpaired) electrons. The van der Waals surface area contributed by atoms with Gasteiger partial charge in [0.1, 0.15) is 6.29 Å². The second-order valence-corrected chi connectivity index (χ2v) is 3.97. The van der Waals surface area contributed by atoms with Gasteiger partial charge in [0.25, 0.3) is 0 Å². The van der Waals surface area contributed by atoms with Gasteiger partial charge in [-0.05, 0) is 18.2 Å². The van der Waals surface area contributed by atoms with E-state index in [4.69, 9.17) is 9.47 Å². The molecule has 0 aromatic heterocycles. The van der Waals surface area contributed by atoms with E-state index in [1.165, 1.54) is 25.3 Å². The zero-order valence-corrected chi connectivity index (χ0v) is 12.4. The minimum atomic E-state index is -0.907. The van der Waals surface area contributed by atoms with E-state index in [1.54, 1.807) is 0 Å². The van der Waals surface area contributed by atoms with Crippen molar-refractivity contribution in [1.29, 1.82) is 0 Å². The van der Waals surface area contributed by atoms with Crippen LogP contribution in [0, 0.1) is 0 Å². The summed E-state index contributed by atoms with van der Waals surface area (Å²) in [7, 11) is 2.50. The summed E-state index contributed by atoms with van der Waals surface area (Å²) in [5, 5.41) is 0. The number of benzene rings is 1. The molecule has 0 unspecified atom stereocenters. The maximum Gasteiger partial charge on any atom is 0.349 e. The van der Waals surface area contributed by atoms with Crippen molar-refractivity contribution >= 4 is 24.2 Å². The van der Waals surface area contributed by atoms with Crippen molar-refractivity contribution in [1.82, 2.24) is 0 Å². The van der Waals surface area contributed by atoms with Gasteiger partial charge in [0.05, 0.1) is 14.2 Å². The quantitative estimate of drug-likeness (QED) is 0.312. The predicted octanol–water partition coefficient (Wildman–Crippen LogP) is 0.685. The van der Waals surface area contributed by atoms with Crippen LogP contribution < -0.4 is 9.47 Å². The number of hydrogen-bond donors (Lipinski definition) is 0. The molecule has 0 saturated heterocycles. The standard InChI is InChI=1S/C15H14O8/c1-20-12-7-10(8-16)3-4-11(12)23-15(19)9-22-14(18)6-5-13(17)21-2/h3-8H,9H2,1-2H3/b6-5+. The van der Waals surface area contributed by atoms with Gasteiger partial charge < -0.3 is 18.9 Å². The van der Waals surface area contributed by atoms with Crippen molar-refractivity contribution in [2.24, 2.45) is 0 Å². The third-order valence-corrected chi connectivity index (χ3v) is 2.44. The fraction of sp³-hybridized carbons (Fsp3) is 0.200. The highest BCUT2D eigenvalue weighted by atomic mass is 16.6. The lowest BCUT2D eigenvalue weighted by atomic mass is 10.2. The first-order valence-electron chi connectivity index (χ1n) is 6.26. The largest absolute Gasteiger partial charge is 0.493 e. The van der Waals surface area contributed by atoms with Gasteiger partial charge in [-0.3, -0.25) is 4.79 Å². The van der Waals surface area contributed by atoms with Crippen molar-refractivity contribution in [3.8, 4) is 11.5 Å². The first-order chi connectivity index (χ1) is 11.0. The van der Waals surface area contributed by atoms with Crippen LogP contribution in [-0.4, -0.2) is 45.0 Å². The highest BCUT2D eigenvalue weighted by molar-refractivity contribution is 5.92. The normalized spacial score (nSPS) is 10.0. The lowest BCUT2D eigenvalue weighted by Gasteiger charge is -2.09. The van der Waals surface area contributed by atoms with Crippen molar-refractivity contribution in [3.05, 3.63) is 35.9 Å². The second-order valence-electron chi connectivity index (χ2n) is 3.97. The molecule has 8 nitrogen and oxygen atoms in total. The highest BCUT2D eigenvalue weighted by Crippen LogP contribution is 2.27. The molecule has 8 heteroatoms. The Morgan fingerprint density at radius 1 is 1.04 bits per heavy atom. The topological polar surface area (TPSA) is 105 Å². The van der Waals surface area contributed by atoms with Gasteiger partial charge in [-0.1, -0.05) is 0 Å². The molecule has 0 bridgehead atoms. The molecule has 0 amide bonds. The Morgan fingerprint density at radius 2 is 1.74 bits per heavy atom. The fourth-order valence-corrected chi connectivity index (χ4v) is 1.38. The first kappa shape index (κ1) is 17.9. The minimum Gasteiger partial charge on any atom is -0.493 e. The zero-order valence-electron chi connectivity index (χ0n) is 12.4. The van der Waals surface area contributed by atoms with E-state index in [1.807, 2.05) is 0 Å². The minimum absolute atomic E-state index is 0.0734. The average molecular weight is 322 g/mol. The number of ether oxygens (including phenoxy) is 4. The molecule has 1 aromatic carbocycles. The summed E-state index contributed by atoms with van der Waals surface area (Å²) in [6, 6.07) is 4.20. The van der Waals surface area contributed by atoms with Crippen LogP contribution in [0.1, 0.15) is 10.4 Å². The predicted molar refractivity (Wildman–Crippen MR) is 76.1 cm³/mol. The van der Waals surface area contributed by atoms with Crippen molar-refractivity contribution in [2.45, 2.75) is 0 Å². The van der Waals surface area contributed by atoms with Gasteiger partial charge in [0.2, 0.25) is 0 Å². The molecule has 0 aliphatic carbocycles. The van der Waals surface area contributed by atoms with Gasteiger partial charge in [-0.2, -0.15) is 0 Å². The van der Waals surface area contributed by atoms with Crippen LogP contribution in [0.15, 0.2) is 30.4 Å². The third kappa shape index (κ3) is 6.00. The molecule has 122 valence electrons. The van der Waals surface area contributed by atoms with Gasteiger partial charge in [0.15, 0.2) is 18.1 Å². The lowest BCUT2D eigenvalue weighted by Crippen LogP contribution is -2.18. The van der Waals surface area contributed by atoms with E-state index in [9.17, 15) is 19.2 Å². The van der Waals surface area contributed by atoms with Crippen LogP contribution in [0.2, 0.25) is 0 Å².